The molecular formula is C11H20O2. The Labute approximate surface area is 80.3 Å². The van der Waals surface area contributed by atoms with Crippen LogP contribution in [0.25, 0.3) is 0 Å². The Kier molecular flexibility index (Phi) is 3.14. The Morgan fingerprint density at radius 3 is 2.62 bits per heavy atom. The second-order valence-corrected chi connectivity index (χ2v) is 4.43. The topological polar surface area (TPSA) is 40.5 Å². The van der Waals surface area contributed by atoms with Crippen LogP contribution in [0.4, 0.5) is 0 Å². The van der Waals surface area contributed by atoms with Crippen molar-refractivity contribution in [1.29, 1.82) is 0 Å². The van der Waals surface area contributed by atoms with Gasteiger partial charge >= 0.3 is 0 Å². The lowest BCUT2D eigenvalue weighted by atomic mass is 9.82. The highest BCUT2D eigenvalue weighted by molar-refractivity contribution is 5.06. The number of hydrogen-bond donors (Lipinski definition) is 2. The molecule has 0 aromatic rings. The maximum Gasteiger partial charge on any atom is 0.0877 e. The van der Waals surface area contributed by atoms with Crippen molar-refractivity contribution >= 4 is 0 Å². The minimum atomic E-state index is -0.830. The van der Waals surface area contributed by atoms with Gasteiger partial charge < -0.3 is 10.2 Å². The molecule has 2 nitrogen and oxygen atoms in total. The van der Waals surface area contributed by atoms with E-state index in [0.29, 0.717) is 0 Å². The van der Waals surface area contributed by atoms with Gasteiger partial charge in [0.15, 0.2) is 0 Å². The summed E-state index contributed by atoms with van der Waals surface area (Å²) < 4.78 is 0. The molecule has 1 fully saturated rings. The van der Waals surface area contributed by atoms with Gasteiger partial charge in [0.05, 0.1) is 11.7 Å². The number of aliphatic hydroxyl groups excluding tert-OH is 1. The van der Waals surface area contributed by atoms with Gasteiger partial charge in [-0.3, -0.25) is 0 Å². The van der Waals surface area contributed by atoms with Crippen LogP contribution in [-0.2, 0) is 0 Å². The Hall–Kier alpha value is -0.340. The third-order valence-corrected chi connectivity index (χ3v) is 3.18. The fraction of sp³-hybridized carbons (Fsp3) is 0.818. The third-order valence-electron chi connectivity index (χ3n) is 3.18. The van der Waals surface area contributed by atoms with Crippen LogP contribution in [-0.4, -0.2) is 21.9 Å². The summed E-state index contributed by atoms with van der Waals surface area (Å²) in [6.45, 7) is 7.60. The average molecular weight is 184 g/mol. The fourth-order valence-corrected chi connectivity index (χ4v) is 2.23. The van der Waals surface area contributed by atoms with Crippen molar-refractivity contribution in [2.45, 2.75) is 44.8 Å². The fourth-order valence-electron chi connectivity index (χ4n) is 2.23. The van der Waals surface area contributed by atoms with Crippen LogP contribution >= 0.6 is 0 Å². The summed E-state index contributed by atoms with van der Waals surface area (Å²) in [5.41, 5.74) is -0.830. The normalized spacial score (nSPS) is 36.5. The molecule has 76 valence electrons. The van der Waals surface area contributed by atoms with Crippen molar-refractivity contribution in [2.75, 3.05) is 0 Å². The highest BCUT2D eigenvalue weighted by atomic mass is 16.3. The molecule has 0 bridgehead atoms. The van der Waals surface area contributed by atoms with Gasteiger partial charge in [0.2, 0.25) is 0 Å². The molecule has 1 aliphatic rings. The number of hydrogen-bond acceptors (Lipinski definition) is 2. The predicted molar refractivity (Wildman–Crippen MR) is 53.3 cm³/mol. The van der Waals surface area contributed by atoms with Gasteiger partial charge in [-0.15, -0.1) is 6.58 Å². The van der Waals surface area contributed by atoms with Crippen LogP contribution in [0.3, 0.4) is 0 Å². The maximum absolute atomic E-state index is 10.1. The summed E-state index contributed by atoms with van der Waals surface area (Å²) in [4.78, 5) is 0. The lowest BCUT2D eigenvalue weighted by Gasteiger charge is -2.32. The molecule has 2 heteroatoms. The summed E-state index contributed by atoms with van der Waals surface area (Å²) in [6.07, 6.45) is 3.81. The molecule has 2 N–H and O–H groups in total. The molecule has 0 heterocycles. The van der Waals surface area contributed by atoms with Crippen LogP contribution in [0.5, 0.6) is 0 Å². The van der Waals surface area contributed by atoms with Crippen molar-refractivity contribution in [1.82, 2.24) is 0 Å². The quantitative estimate of drug-likeness (QED) is 0.656. The molecule has 0 spiro atoms. The van der Waals surface area contributed by atoms with E-state index in [-0.39, 0.29) is 11.8 Å². The van der Waals surface area contributed by atoms with Gasteiger partial charge in [0.25, 0.3) is 0 Å². The SMILES string of the molecule is C=C[C@]1(O)CCC[C@@H]1[C@@H](O)C(C)C. The van der Waals surface area contributed by atoms with E-state index >= 15 is 0 Å². The Balaban J connectivity index is 2.73. The van der Waals surface area contributed by atoms with Crippen molar-refractivity contribution in [3.63, 3.8) is 0 Å². The minimum absolute atomic E-state index is 0.0231. The van der Waals surface area contributed by atoms with Crippen LogP contribution in [0.15, 0.2) is 12.7 Å². The molecule has 0 radical (unpaired) electrons. The second-order valence-electron chi connectivity index (χ2n) is 4.43. The lowest BCUT2D eigenvalue weighted by Crippen LogP contribution is -2.40. The summed E-state index contributed by atoms with van der Waals surface area (Å²) in [5.74, 6) is 0.180. The molecule has 13 heavy (non-hydrogen) atoms. The highest BCUT2D eigenvalue weighted by Crippen LogP contribution is 2.40. The molecule has 3 atom stereocenters. The highest BCUT2D eigenvalue weighted by Gasteiger charge is 2.43. The monoisotopic (exact) mass is 184 g/mol. The zero-order chi connectivity index (χ0) is 10.1. The third kappa shape index (κ3) is 1.94. The van der Waals surface area contributed by atoms with Gasteiger partial charge in [0, 0.05) is 5.92 Å². The van der Waals surface area contributed by atoms with Gasteiger partial charge in [0.1, 0.15) is 0 Å². The first-order valence-corrected chi connectivity index (χ1v) is 5.05. The molecule has 0 amide bonds. The lowest BCUT2D eigenvalue weighted by molar-refractivity contribution is -0.0357. The largest absolute Gasteiger partial charge is 0.392 e. The standard InChI is InChI=1S/C11H20O2/c1-4-11(13)7-5-6-9(11)10(12)8(2)3/h4,8-10,12-13H,1,5-7H2,2-3H3/t9-,10+,11+/m1/s1. The Morgan fingerprint density at radius 2 is 2.15 bits per heavy atom. The van der Waals surface area contributed by atoms with Crippen LogP contribution in [0.1, 0.15) is 33.1 Å². The summed E-state index contributed by atoms with van der Waals surface area (Å²) in [6, 6.07) is 0. The van der Waals surface area contributed by atoms with E-state index < -0.39 is 11.7 Å². The predicted octanol–water partition coefficient (Wildman–Crippen LogP) is 1.72. The van der Waals surface area contributed by atoms with E-state index in [2.05, 4.69) is 6.58 Å². The maximum atomic E-state index is 10.1. The van der Waals surface area contributed by atoms with Gasteiger partial charge in [-0.05, 0) is 25.2 Å². The molecule has 0 aromatic heterocycles. The van der Waals surface area contributed by atoms with E-state index in [0.717, 1.165) is 19.3 Å². The van der Waals surface area contributed by atoms with E-state index in [4.69, 9.17) is 0 Å². The van der Waals surface area contributed by atoms with E-state index in [1.54, 1.807) is 6.08 Å². The molecule has 1 saturated carbocycles. The molecule has 0 unspecified atom stereocenters. The first-order valence-electron chi connectivity index (χ1n) is 5.05. The first kappa shape index (κ1) is 10.7. The van der Waals surface area contributed by atoms with Gasteiger partial charge in [-0.2, -0.15) is 0 Å². The smallest absolute Gasteiger partial charge is 0.0877 e. The molecule has 0 aliphatic heterocycles. The van der Waals surface area contributed by atoms with Crippen molar-refractivity contribution in [3.05, 3.63) is 12.7 Å². The second kappa shape index (κ2) is 3.81. The first-order chi connectivity index (χ1) is 6.01. The summed E-state index contributed by atoms with van der Waals surface area (Å²) in [7, 11) is 0. The molecule has 1 rings (SSSR count). The van der Waals surface area contributed by atoms with E-state index in [1.165, 1.54) is 0 Å². The molecular weight excluding hydrogens is 164 g/mol. The zero-order valence-electron chi connectivity index (χ0n) is 8.53. The van der Waals surface area contributed by atoms with Gasteiger partial charge in [-0.1, -0.05) is 19.9 Å². The average Bonchev–Trinajstić information content (AvgIpc) is 2.47. The number of rotatable bonds is 3. The van der Waals surface area contributed by atoms with E-state index in [1.807, 2.05) is 13.8 Å². The minimum Gasteiger partial charge on any atom is -0.392 e. The van der Waals surface area contributed by atoms with E-state index in [9.17, 15) is 10.2 Å². The van der Waals surface area contributed by atoms with Crippen molar-refractivity contribution in [3.8, 4) is 0 Å². The van der Waals surface area contributed by atoms with Crippen molar-refractivity contribution < 1.29 is 10.2 Å². The Bertz CT molecular complexity index is 189. The summed E-state index contributed by atoms with van der Waals surface area (Å²) >= 11 is 0. The summed E-state index contributed by atoms with van der Waals surface area (Å²) in [5, 5.41) is 20.0. The van der Waals surface area contributed by atoms with Gasteiger partial charge in [-0.25, -0.2) is 0 Å². The molecule has 0 aromatic carbocycles. The number of aliphatic hydroxyl groups is 2. The van der Waals surface area contributed by atoms with Crippen molar-refractivity contribution in [2.24, 2.45) is 11.8 Å². The molecule has 1 aliphatic carbocycles. The van der Waals surface area contributed by atoms with Crippen LogP contribution in [0, 0.1) is 11.8 Å². The molecule has 0 saturated heterocycles. The van der Waals surface area contributed by atoms with Crippen LogP contribution < -0.4 is 0 Å². The Morgan fingerprint density at radius 1 is 1.54 bits per heavy atom. The van der Waals surface area contributed by atoms with Crippen LogP contribution in [0.2, 0.25) is 0 Å². The zero-order valence-corrected chi connectivity index (χ0v) is 8.53.